The minimum absolute atomic E-state index is 0.00535. The van der Waals surface area contributed by atoms with Crippen molar-refractivity contribution in [1.82, 2.24) is 5.32 Å². The fourth-order valence-corrected chi connectivity index (χ4v) is 5.51. The molecule has 1 unspecified atom stereocenters. The standard InChI is InChI=1S/C22H22F2N2OS/c23-16-9-10-19(24)17(13-16)20(25)28-22(26-21(27)15-6-1-2-7-15)12-11-14-5-3-4-8-18(14)22/h3-5,8-10,13,15,25H,1-2,6-7,11-12H2,(H,26,27). The molecule has 2 aromatic carbocycles. The Morgan fingerprint density at radius 2 is 1.89 bits per heavy atom. The quantitative estimate of drug-likeness (QED) is 0.425. The molecular weight excluding hydrogens is 378 g/mol. The summed E-state index contributed by atoms with van der Waals surface area (Å²) in [4.78, 5) is 12.1. The van der Waals surface area contributed by atoms with Gasteiger partial charge in [-0.3, -0.25) is 10.2 Å². The van der Waals surface area contributed by atoms with Crippen LogP contribution in [-0.2, 0) is 16.1 Å². The third kappa shape index (κ3) is 3.58. The van der Waals surface area contributed by atoms with Gasteiger partial charge in [0.1, 0.15) is 16.5 Å². The van der Waals surface area contributed by atoms with Crippen molar-refractivity contribution < 1.29 is 13.6 Å². The molecule has 1 amide bonds. The molecule has 28 heavy (non-hydrogen) atoms. The second kappa shape index (κ2) is 7.66. The molecule has 0 aromatic heterocycles. The summed E-state index contributed by atoms with van der Waals surface area (Å²) in [6.07, 6.45) is 5.26. The minimum atomic E-state index is -0.827. The summed E-state index contributed by atoms with van der Waals surface area (Å²) in [5.74, 6) is -1.24. The van der Waals surface area contributed by atoms with Gasteiger partial charge in [-0.05, 0) is 55.0 Å². The predicted octanol–water partition coefficient (Wildman–Crippen LogP) is 5.13. The Balaban J connectivity index is 1.67. The van der Waals surface area contributed by atoms with E-state index in [1.54, 1.807) is 0 Å². The number of hydrogen-bond acceptors (Lipinski definition) is 3. The van der Waals surface area contributed by atoms with E-state index in [4.69, 9.17) is 5.41 Å². The van der Waals surface area contributed by atoms with Gasteiger partial charge in [-0.1, -0.05) is 48.9 Å². The summed E-state index contributed by atoms with van der Waals surface area (Å²) in [7, 11) is 0. The summed E-state index contributed by atoms with van der Waals surface area (Å²) in [6.45, 7) is 0. The average Bonchev–Trinajstić information content (AvgIpc) is 3.33. The summed E-state index contributed by atoms with van der Waals surface area (Å²) in [6, 6.07) is 11.0. The first-order valence-corrected chi connectivity index (χ1v) is 10.4. The van der Waals surface area contributed by atoms with Gasteiger partial charge in [0.15, 0.2) is 0 Å². The number of carbonyl (C=O) groups is 1. The van der Waals surface area contributed by atoms with Crippen LogP contribution in [0.2, 0.25) is 0 Å². The van der Waals surface area contributed by atoms with Gasteiger partial charge in [0, 0.05) is 11.5 Å². The summed E-state index contributed by atoms with van der Waals surface area (Å²) in [5.41, 5.74) is 1.99. The number of aryl methyl sites for hydroxylation is 1. The van der Waals surface area contributed by atoms with Crippen molar-refractivity contribution in [2.24, 2.45) is 5.92 Å². The van der Waals surface area contributed by atoms with Gasteiger partial charge >= 0.3 is 0 Å². The van der Waals surface area contributed by atoms with E-state index in [1.165, 1.54) is 0 Å². The summed E-state index contributed by atoms with van der Waals surface area (Å²) < 4.78 is 27.8. The van der Waals surface area contributed by atoms with Crippen molar-refractivity contribution in [3.63, 3.8) is 0 Å². The van der Waals surface area contributed by atoms with Crippen LogP contribution in [0.1, 0.15) is 48.8 Å². The number of amides is 1. The summed E-state index contributed by atoms with van der Waals surface area (Å²) >= 11 is 1.11. The molecule has 146 valence electrons. The van der Waals surface area contributed by atoms with Gasteiger partial charge in [-0.25, -0.2) is 8.78 Å². The molecule has 0 heterocycles. The molecule has 2 aliphatic carbocycles. The van der Waals surface area contributed by atoms with Crippen molar-refractivity contribution >= 4 is 22.7 Å². The number of hydrogen-bond donors (Lipinski definition) is 2. The van der Waals surface area contributed by atoms with E-state index in [0.29, 0.717) is 6.42 Å². The largest absolute Gasteiger partial charge is 0.337 e. The van der Waals surface area contributed by atoms with E-state index in [0.717, 1.165) is 73.2 Å². The fraction of sp³-hybridized carbons (Fsp3) is 0.364. The van der Waals surface area contributed by atoms with Crippen molar-refractivity contribution in [2.75, 3.05) is 0 Å². The maximum Gasteiger partial charge on any atom is 0.224 e. The maximum absolute atomic E-state index is 14.2. The van der Waals surface area contributed by atoms with E-state index < -0.39 is 16.5 Å². The van der Waals surface area contributed by atoms with Gasteiger partial charge in [0.05, 0.1) is 5.04 Å². The van der Waals surface area contributed by atoms with Crippen molar-refractivity contribution in [2.45, 2.75) is 43.4 Å². The SMILES string of the molecule is N=C(SC1(NC(=O)C2CCCC2)CCc2ccccc21)c1cc(F)ccc1F. The lowest BCUT2D eigenvalue weighted by Gasteiger charge is -2.32. The van der Waals surface area contributed by atoms with Crippen LogP contribution in [0.5, 0.6) is 0 Å². The van der Waals surface area contributed by atoms with E-state index in [9.17, 15) is 13.6 Å². The van der Waals surface area contributed by atoms with Crippen molar-refractivity contribution in [3.05, 3.63) is 70.8 Å². The van der Waals surface area contributed by atoms with Gasteiger partial charge < -0.3 is 5.32 Å². The Hall–Kier alpha value is -2.21. The van der Waals surface area contributed by atoms with Gasteiger partial charge in [-0.2, -0.15) is 0 Å². The molecular formula is C22H22F2N2OS. The molecule has 0 bridgehead atoms. The van der Waals surface area contributed by atoms with E-state index >= 15 is 0 Å². The highest BCUT2D eigenvalue weighted by Crippen LogP contribution is 2.47. The smallest absolute Gasteiger partial charge is 0.224 e. The Kier molecular flexibility index (Phi) is 5.23. The van der Waals surface area contributed by atoms with E-state index in [1.807, 2.05) is 24.3 Å². The number of benzene rings is 2. The third-order valence-corrected chi connectivity index (χ3v) is 7.00. The van der Waals surface area contributed by atoms with Gasteiger partial charge in [-0.15, -0.1) is 0 Å². The lowest BCUT2D eigenvalue weighted by Crippen LogP contribution is -2.45. The van der Waals surface area contributed by atoms with Crippen molar-refractivity contribution in [3.8, 4) is 0 Å². The molecule has 3 nitrogen and oxygen atoms in total. The molecule has 1 saturated carbocycles. The van der Waals surface area contributed by atoms with E-state index in [-0.39, 0.29) is 22.4 Å². The third-order valence-electron chi connectivity index (χ3n) is 5.70. The number of carbonyl (C=O) groups excluding carboxylic acids is 1. The number of fused-ring (bicyclic) bond motifs is 1. The highest BCUT2D eigenvalue weighted by Gasteiger charge is 2.43. The second-order valence-electron chi connectivity index (χ2n) is 7.51. The molecule has 0 aliphatic heterocycles. The average molecular weight is 400 g/mol. The van der Waals surface area contributed by atoms with Crippen LogP contribution in [0.3, 0.4) is 0 Å². The molecule has 0 saturated heterocycles. The van der Waals surface area contributed by atoms with Crippen LogP contribution in [0.15, 0.2) is 42.5 Å². The lowest BCUT2D eigenvalue weighted by atomic mass is 10.0. The highest BCUT2D eigenvalue weighted by atomic mass is 32.2. The molecule has 0 spiro atoms. The topological polar surface area (TPSA) is 53.0 Å². The van der Waals surface area contributed by atoms with Crippen LogP contribution in [0, 0.1) is 23.0 Å². The summed E-state index contributed by atoms with van der Waals surface area (Å²) in [5, 5.41) is 11.6. The zero-order chi connectivity index (χ0) is 19.7. The van der Waals surface area contributed by atoms with Crippen LogP contribution < -0.4 is 5.32 Å². The van der Waals surface area contributed by atoms with Crippen LogP contribution in [0.4, 0.5) is 8.78 Å². The Labute approximate surface area is 167 Å². The Morgan fingerprint density at radius 1 is 1.14 bits per heavy atom. The zero-order valence-corrected chi connectivity index (χ0v) is 16.3. The van der Waals surface area contributed by atoms with Crippen LogP contribution >= 0.6 is 11.8 Å². The minimum Gasteiger partial charge on any atom is -0.337 e. The van der Waals surface area contributed by atoms with Crippen LogP contribution in [-0.4, -0.2) is 11.0 Å². The monoisotopic (exact) mass is 400 g/mol. The molecule has 6 heteroatoms. The molecule has 1 atom stereocenters. The van der Waals surface area contributed by atoms with Gasteiger partial charge in [0.2, 0.25) is 5.91 Å². The Bertz CT molecular complexity index is 927. The molecule has 2 N–H and O–H groups in total. The maximum atomic E-state index is 14.2. The van der Waals surface area contributed by atoms with Gasteiger partial charge in [0.25, 0.3) is 0 Å². The molecule has 2 aliphatic rings. The first-order valence-electron chi connectivity index (χ1n) is 9.62. The first-order chi connectivity index (χ1) is 13.5. The lowest BCUT2D eigenvalue weighted by molar-refractivity contribution is -0.125. The number of thioether (sulfide) groups is 1. The zero-order valence-electron chi connectivity index (χ0n) is 15.4. The molecule has 0 radical (unpaired) electrons. The van der Waals surface area contributed by atoms with Crippen LogP contribution in [0.25, 0.3) is 0 Å². The highest BCUT2D eigenvalue weighted by molar-refractivity contribution is 8.15. The number of halogens is 2. The molecule has 1 fully saturated rings. The second-order valence-corrected chi connectivity index (χ2v) is 8.82. The molecule has 2 aromatic rings. The first kappa shape index (κ1) is 19.1. The normalized spacial score (nSPS) is 21.5. The fourth-order valence-electron chi connectivity index (χ4n) is 4.23. The molecule has 4 rings (SSSR count). The Morgan fingerprint density at radius 3 is 2.68 bits per heavy atom. The number of nitrogens with one attached hydrogen (secondary N) is 2. The van der Waals surface area contributed by atoms with Crippen molar-refractivity contribution in [1.29, 1.82) is 5.41 Å². The van der Waals surface area contributed by atoms with E-state index in [2.05, 4.69) is 5.32 Å². The predicted molar refractivity (Wildman–Crippen MR) is 107 cm³/mol. The number of rotatable bonds is 4.